The largest absolute Gasteiger partial charge is 0.496 e. The lowest BCUT2D eigenvalue weighted by Crippen LogP contribution is -2.11. The van der Waals surface area contributed by atoms with Crippen molar-refractivity contribution in [3.8, 4) is 5.75 Å². The molecule has 0 amide bonds. The highest BCUT2D eigenvalue weighted by atomic mass is 35.5. The van der Waals surface area contributed by atoms with Crippen LogP contribution in [0.4, 0.5) is 0 Å². The van der Waals surface area contributed by atoms with Crippen LogP contribution in [-0.2, 0) is 5.75 Å². The van der Waals surface area contributed by atoms with E-state index in [4.69, 9.17) is 27.5 Å². The number of hydrogen-bond donors (Lipinski definition) is 2. The molecule has 0 heterocycles. The third-order valence-electron chi connectivity index (χ3n) is 2.81. The van der Waals surface area contributed by atoms with E-state index >= 15 is 0 Å². The van der Waals surface area contributed by atoms with Crippen LogP contribution in [0.2, 0.25) is 5.02 Å². The van der Waals surface area contributed by atoms with E-state index in [1.54, 1.807) is 24.9 Å². The molecule has 0 atom stereocenters. The Balaban J connectivity index is 2.22. The van der Waals surface area contributed by atoms with Crippen LogP contribution < -0.4 is 10.5 Å². The second kappa shape index (κ2) is 6.68. The number of thioether (sulfide) groups is 1. The average molecular weight is 307 g/mol. The molecule has 5 heteroatoms. The first-order valence-electron chi connectivity index (χ1n) is 6.00. The molecular formula is C15H15ClN2OS. The van der Waals surface area contributed by atoms with Gasteiger partial charge in [-0.1, -0.05) is 23.7 Å². The van der Waals surface area contributed by atoms with Crippen LogP contribution >= 0.6 is 23.4 Å². The summed E-state index contributed by atoms with van der Waals surface area (Å²) in [5.41, 5.74) is 7.21. The average Bonchev–Trinajstić information content (AvgIpc) is 2.46. The van der Waals surface area contributed by atoms with Gasteiger partial charge in [0.15, 0.2) is 0 Å². The van der Waals surface area contributed by atoms with Crippen molar-refractivity contribution in [3.05, 3.63) is 58.6 Å². The third kappa shape index (κ3) is 3.46. The predicted molar refractivity (Wildman–Crippen MR) is 85.0 cm³/mol. The second-order valence-electron chi connectivity index (χ2n) is 4.16. The van der Waals surface area contributed by atoms with Crippen molar-refractivity contribution in [1.82, 2.24) is 0 Å². The number of methoxy groups -OCH3 is 1. The van der Waals surface area contributed by atoms with Gasteiger partial charge in [0.25, 0.3) is 0 Å². The van der Waals surface area contributed by atoms with E-state index in [2.05, 4.69) is 0 Å². The molecule has 3 nitrogen and oxygen atoms in total. The summed E-state index contributed by atoms with van der Waals surface area (Å²) in [6.07, 6.45) is 0. The quantitative estimate of drug-likeness (QED) is 0.500. The Morgan fingerprint density at radius 1 is 1.30 bits per heavy atom. The summed E-state index contributed by atoms with van der Waals surface area (Å²) in [5.74, 6) is 1.54. The zero-order valence-electron chi connectivity index (χ0n) is 11.0. The van der Waals surface area contributed by atoms with Gasteiger partial charge in [0.1, 0.15) is 11.6 Å². The van der Waals surface area contributed by atoms with Gasteiger partial charge in [0.2, 0.25) is 0 Å². The number of halogens is 1. The number of benzene rings is 2. The zero-order chi connectivity index (χ0) is 14.5. The first kappa shape index (κ1) is 14.8. The first-order valence-corrected chi connectivity index (χ1v) is 7.37. The highest BCUT2D eigenvalue weighted by molar-refractivity contribution is 7.98. The second-order valence-corrected chi connectivity index (χ2v) is 5.58. The van der Waals surface area contributed by atoms with Crippen molar-refractivity contribution in [2.75, 3.05) is 7.11 Å². The molecule has 0 unspecified atom stereocenters. The van der Waals surface area contributed by atoms with Crippen molar-refractivity contribution >= 4 is 29.2 Å². The fourth-order valence-electron chi connectivity index (χ4n) is 1.78. The number of nitrogen functional groups attached to an aromatic ring is 1. The van der Waals surface area contributed by atoms with Crippen LogP contribution in [0.3, 0.4) is 0 Å². The van der Waals surface area contributed by atoms with Gasteiger partial charge in [-0.15, -0.1) is 11.8 Å². The zero-order valence-corrected chi connectivity index (χ0v) is 12.6. The van der Waals surface area contributed by atoms with E-state index < -0.39 is 0 Å². The summed E-state index contributed by atoms with van der Waals surface area (Å²) in [4.78, 5) is 1.02. The highest BCUT2D eigenvalue weighted by Gasteiger charge is 2.08. The predicted octanol–water partition coefficient (Wildman–Crippen LogP) is 3.92. The van der Waals surface area contributed by atoms with Crippen molar-refractivity contribution in [3.63, 3.8) is 0 Å². The monoisotopic (exact) mass is 306 g/mol. The van der Waals surface area contributed by atoms with E-state index in [0.29, 0.717) is 11.3 Å². The SMILES string of the molecule is COc1ccc(C(=N)N)cc1CSc1ccccc1Cl. The van der Waals surface area contributed by atoms with Gasteiger partial charge < -0.3 is 10.5 Å². The van der Waals surface area contributed by atoms with Gasteiger partial charge in [-0.05, 0) is 30.3 Å². The Bertz CT molecular complexity index is 631. The smallest absolute Gasteiger partial charge is 0.122 e. The number of hydrogen-bond acceptors (Lipinski definition) is 3. The molecule has 0 saturated heterocycles. The summed E-state index contributed by atoms with van der Waals surface area (Å²) in [5, 5.41) is 8.23. The molecule has 0 aliphatic heterocycles. The molecule has 0 bridgehead atoms. The number of amidine groups is 1. The van der Waals surface area contributed by atoms with Crippen LogP contribution in [0.5, 0.6) is 5.75 Å². The summed E-state index contributed by atoms with van der Waals surface area (Å²) < 4.78 is 5.34. The molecule has 0 aliphatic rings. The first-order chi connectivity index (χ1) is 9.61. The number of nitrogens with one attached hydrogen (secondary N) is 1. The van der Waals surface area contributed by atoms with Crippen LogP contribution in [-0.4, -0.2) is 12.9 Å². The van der Waals surface area contributed by atoms with E-state index in [-0.39, 0.29) is 5.84 Å². The van der Waals surface area contributed by atoms with Gasteiger partial charge in [-0.2, -0.15) is 0 Å². The Hall–Kier alpha value is -1.65. The van der Waals surface area contributed by atoms with Crippen LogP contribution in [0.1, 0.15) is 11.1 Å². The fraction of sp³-hybridized carbons (Fsp3) is 0.133. The standard InChI is InChI=1S/C15H15ClN2OS/c1-19-13-7-6-10(15(17)18)8-11(13)9-20-14-5-3-2-4-12(14)16/h2-8H,9H2,1H3,(H3,17,18). The molecule has 0 spiro atoms. The summed E-state index contributed by atoms with van der Waals surface area (Å²) in [6.45, 7) is 0. The minimum atomic E-state index is 0.0525. The molecule has 20 heavy (non-hydrogen) atoms. The molecule has 2 rings (SSSR count). The molecule has 2 aromatic rings. The highest BCUT2D eigenvalue weighted by Crippen LogP contribution is 2.32. The Morgan fingerprint density at radius 3 is 2.70 bits per heavy atom. The van der Waals surface area contributed by atoms with Crippen molar-refractivity contribution in [2.45, 2.75) is 10.6 Å². The number of rotatable bonds is 5. The van der Waals surface area contributed by atoms with Gasteiger partial charge in [-0.3, -0.25) is 5.41 Å². The van der Waals surface area contributed by atoms with Crippen LogP contribution in [0.15, 0.2) is 47.4 Å². The fourth-order valence-corrected chi connectivity index (χ4v) is 2.99. The Morgan fingerprint density at radius 2 is 2.05 bits per heavy atom. The molecular weight excluding hydrogens is 292 g/mol. The third-order valence-corrected chi connectivity index (χ3v) is 4.38. The molecule has 0 aliphatic carbocycles. The van der Waals surface area contributed by atoms with Gasteiger partial charge in [-0.25, -0.2) is 0 Å². The van der Waals surface area contributed by atoms with E-state index in [9.17, 15) is 0 Å². The lowest BCUT2D eigenvalue weighted by molar-refractivity contribution is 0.411. The minimum Gasteiger partial charge on any atom is -0.496 e. The lowest BCUT2D eigenvalue weighted by Gasteiger charge is -2.10. The Kier molecular flexibility index (Phi) is 4.93. The van der Waals surface area contributed by atoms with Crippen molar-refractivity contribution < 1.29 is 4.74 Å². The molecule has 104 valence electrons. The van der Waals surface area contributed by atoms with Gasteiger partial charge in [0, 0.05) is 21.8 Å². The minimum absolute atomic E-state index is 0.0525. The van der Waals surface area contributed by atoms with Crippen molar-refractivity contribution in [2.24, 2.45) is 5.73 Å². The maximum Gasteiger partial charge on any atom is 0.122 e. The molecule has 3 N–H and O–H groups in total. The summed E-state index contributed by atoms with van der Waals surface area (Å²) in [6, 6.07) is 13.2. The molecule has 0 saturated carbocycles. The molecule has 0 aromatic heterocycles. The number of nitrogens with two attached hydrogens (primary N) is 1. The molecule has 0 fully saturated rings. The normalized spacial score (nSPS) is 10.3. The van der Waals surface area contributed by atoms with E-state index in [1.165, 1.54) is 0 Å². The van der Waals surface area contributed by atoms with E-state index in [1.807, 2.05) is 36.4 Å². The summed E-state index contributed by atoms with van der Waals surface area (Å²) in [7, 11) is 1.63. The number of ether oxygens (including phenoxy) is 1. The maximum absolute atomic E-state index is 7.50. The molecule has 2 aromatic carbocycles. The van der Waals surface area contributed by atoms with Gasteiger partial charge >= 0.3 is 0 Å². The van der Waals surface area contributed by atoms with Crippen LogP contribution in [0, 0.1) is 5.41 Å². The Labute approximate surface area is 127 Å². The lowest BCUT2D eigenvalue weighted by atomic mass is 10.1. The molecule has 0 radical (unpaired) electrons. The van der Waals surface area contributed by atoms with E-state index in [0.717, 1.165) is 21.2 Å². The topological polar surface area (TPSA) is 59.1 Å². The maximum atomic E-state index is 7.50. The van der Waals surface area contributed by atoms with Crippen LogP contribution in [0.25, 0.3) is 0 Å². The summed E-state index contributed by atoms with van der Waals surface area (Å²) >= 11 is 7.77. The van der Waals surface area contributed by atoms with Crippen molar-refractivity contribution in [1.29, 1.82) is 5.41 Å². The van der Waals surface area contributed by atoms with Gasteiger partial charge in [0.05, 0.1) is 12.1 Å².